The van der Waals surface area contributed by atoms with Crippen LogP contribution >= 0.6 is 0 Å². The van der Waals surface area contributed by atoms with Crippen LogP contribution in [0.15, 0.2) is 5.11 Å². The van der Waals surface area contributed by atoms with Crippen molar-refractivity contribution in [2.45, 2.75) is 12.5 Å². The van der Waals surface area contributed by atoms with Gasteiger partial charge in [-0.25, -0.2) is 4.79 Å². The van der Waals surface area contributed by atoms with E-state index in [9.17, 15) is 9.59 Å². The summed E-state index contributed by atoms with van der Waals surface area (Å²) in [5, 5.41) is 11.8. The monoisotopic (exact) mass is 184 g/mol. The molecule has 0 spiro atoms. The zero-order valence-electron chi connectivity index (χ0n) is 6.75. The minimum Gasteiger partial charge on any atom is -0.474 e. The molecule has 0 saturated carbocycles. The van der Waals surface area contributed by atoms with E-state index in [0.29, 0.717) is 13.0 Å². The Kier molecular flexibility index (Phi) is 2.71. The summed E-state index contributed by atoms with van der Waals surface area (Å²) < 4.78 is 0. The van der Waals surface area contributed by atoms with Crippen molar-refractivity contribution in [1.29, 1.82) is 0 Å². The number of aliphatic carboxylic acids is 1. The molecule has 1 atom stereocenters. The van der Waals surface area contributed by atoms with Crippen LogP contribution in [0.25, 0.3) is 10.4 Å². The largest absolute Gasteiger partial charge is 0.474 e. The van der Waals surface area contributed by atoms with Crippen LogP contribution in [0, 0.1) is 0 Å². The minimum atomic E-state index is -1.47. The first-order valence-electron chi connectivity index (χ1n) is 3.71. The first kappa shape index (κ1) is 9.34. The average Bonchev–Trinajstić information content (AvgIpc) is 2.52. The van der Waals surface area contributed by atoms with E-state index in [0.717, 1.165) is 0 Å². The standard InChI is InChI=1S/C6H8N4O3/c7-9-8-4-1-2-10(3-4)5(11)6(12)13/h4H,1-3H2,(H,12,13). The van der Waals surface area contributed by atoms with Crippen LogP contribution in [0.1, 0.15) is 6.42 Å². The number of carboxylic acids is 1. The molecule has 0 aromatic heterocycles. The van der Waals surface area contributed by atoms with Crippen LogP contribution in [-0.2, 0) is 9.59 Å². The van der Waals surface area contributed by atoms with Crippen LogP contribution in [0.5, 0.6) is 0 Å². The van der Waals surface area contributed by atoms with Gasteiger partial charge in [0.05, 0.1) is 6.04 Å². The predicted octanol–water partition coefficient (Wildman–Crippen LogP) is -0.0178. The maximum absolute atomic E-state index is 10.9. The van der Waals surface area contributed by atoms with E-state index in [1.54, 1.807) is 0 Å². The number of azide groups is 1. The summed E-state index contributed by atoms with van der Waals surface area (Å²) in [6, 6.07) is -0.284. The Morgan fingerprint density at radius 1 is 1.62 bits per heavy atom. The molecule has 1 aliphatic heterocycles. The van der Waals surface area contributed by atoms with Crippen LogP contribution in [0.4, 0.5) is 0 Å². The fourth-order valence-corrected chi connectivity index (χ4v) is 1.23. The molecule has 1 aliphatic rings. The lowest BCUT2D eigenvalue weighted by Crippen LogP contribution is -2.34. The fourth-order valence-electron chi connectivity index (χ4n) is 1.23. The number of rotatable bonds is 1. The molecule has 7 heteroatoms. The molecule has 0 aliphatic carbocycles. The number of hydrogen-bond donors (Lipinski definition) is 1. The van der Waals surface area contributed by atoms with Crippen molar-refractivity contribution < 1.29 is 14.7 Å². The summed E-state index contributed by atoms with van der Waals surface area (Å²) in [6.45, 7) is 0.546. The number of carbonyl (C=O) groups is 2. The SMILES string of the molecule is [N-]=[N+]=NC1CCN(C(=O)C(=O)O)C1. The number of amides is 1. The van der Waals surface area contributed by atoms with E-state index in [-0.39, 0.29) is 12.6 Å². The second-order valence-corrected chi connectivity index (χ2v) is 2.70. The molecule has 7 nitrogen and oxygen atoms in total. The lowest BCUT2D eigenvalue weighted by Gasteiger charge is -2.11. The highest BCUT2D eigenvalue weighted by Gasteiger charge is 2.28. The highest BCUT2D eigenvalue weighted by atomic mass is 16.4. The van der Waals surface area contributed by atoms with Gasteiger partial charge in [0, 0.05) is 18.0 Å². The van der Waals surface area contributed by atoms with Gasteiger partial charge in [0.15, 0.2) is 0 Å². The zero-order valence-corrected chi connectivity index (χ0v) is 6.75. The molecule has 70 valence electrons. The molecule has 1 rings (SSSR count). The molecule has 1 amide bonds. The molecule has 13 heavy (non-hydrogen) atoms. The summed E-state index contributed by atoms with van der Waals surface area (Å²) in [6.07, 6.45) is 0.531. The van der Waals surface area contributed by atoms with Gasteiger partial charge in [-0.3, -0.25) is 4.79 Å². The van der Waals surface area contributed by atoms with Gasteiger partial charge in [-0.1, -0.05) is 5.11 Å². The van der Waals surface area contributed by atoms with E-state index < -0.39 is 11.9 Å². The molecular weight excluding hydrogens is 176 g/mol. The predicted molar refractivity (Wildman–Crippen MR) is 41.8 cm³/mol. The Bertz CT molecular complexity index is 284. The van der Waals surface area contributed by atoms with Gasteiger partial charge in [0.25, 0.3) is 0 Å². The topological polar surface area (TPSA) is 106 Å². The molecule has 0 aromatic carbocycles. The fraction of sp³-hybridized carbons (Fsp3) is 0.667. The number of likely N-dealkylation sites (tertiary alicyclic amines) is 1. The molecule has 1 fully saturated rings. The molecule has 1 heterocycles. The van der Waals surface area contributed by atoms with Crippen molar-refractivity contribution in [3.8, 4) is 0 Å². The van der Waals surface area contributed by atoms with Gasteiger partial charge in [-0.2, -0.15) is 0 Å². The third-order valence-corrected chi connectivity index (χ3v) is 1.85. The van der Waals surface area contributed by atoms with Gasteiger partial charge in [0.2, 0.25) is 0 Å². The third-order valence-electron chi connectivity index (χ3n) is 1.85. The van der Waals surface area contributed by atoms with Crippen LogP contribution < -0.4 is 0 Å². The maximum atomic E-state index is 10.9. The van der Waals surface area contributed by atoms with Crippen LogP contribution in [0.2, 0.25) is 0 Å². The lowest BCUT2D eigenvalue weighted by molar-refractivity contribution is -0.155. The third kappa shape index (κ3) is 2.09. The number of carbonyl (C=O) groups excluding carboxylic acids is 1. The summed E-state index contributed by atoms with van der Waals surface area (Å²) in [5.41, 5.74) is 8.10. The first-order valence-corrected chi connectivity index (χ1v) is 3.71. The number of hydrogen-bond acceptors (Lipinski definition) is 3. The van der Waals surface area contributed by atoms with Crippen molar-refractivity contribution in [2.75, 3.05) is 13.1 Å². The van der Waals surface area contributed by atoms with E-state index in [4.69, 9.17) is 10.6 Å². The molecule has 1 saturated heterocycles. The quantitative estimate of drug-likeness (QED) is 0.268. The molecule has 0 aromatic rings. The second kappa shape index (κ2) is 3.77. The summed E-state index contributed by atoms with van der Waals surface area (Å²) >= 11 is 0. The van der Waals surface area contributed by atoms with Gasteiger partial charge < -0.3 is 10.0 Å². The Labute approximate surface area is 73.6 Å². The Balaban J connectivity index is 2.54. The molecule has 0 radical (unpaired) electrons. The molecule has 1 N–H and O–H groups in total. The van der Waals surface area contributed by atoms with Crippen LogP contribution in [0.3, 0.4) is 0 Å². The number of nitrogens with zero attached hydrogens (tertiary/aromatic N) is 4. The maximum Gasteiger partial charge on any atom is 0.394 e. The van der Waals surface area contributed by atoms with Crippen molar-refractivity contribution >= 4 is 11.9 Å². The van der Waals surface area contributed by atoms with Crippen LogP contribution in [-0.4, -0.2) is 41.0 Å². The van der Waals surface area contributed by atoms with Gasteiger partial charge in [-0.15, -0.1) is 0 Å². The van der Waals surface area contributed by atoms with Crippen molar-refractivity contribution in [3.63, 3.8) is 0 Å². The minimum absolute atomic E-state index is 0.204. The van der Waals surface area contributed by atoms with Gasteiger partial charge >= 0.3 is 11.9 Å². The smallest absolute Gasteiger partial charge is 0.394 e. The normalized spacial score (nSPS) is 20.9. The molecular formula is C6H8N4O3. The highest BCUT2D eigenvalue weighted by Crippen LogP contribution is 2.12. The first-order chi connectivity index (χ1) is 6.15. The summed E-state index contributed by atoms with van der Waals surface area (Å²) in [7, 11) is 0. The zero-order chi connectivity index (χ0) is 9.84. The summed E-state index contributed by atoms with van der Waals surface area (Å²) in [4.78, 5) is 24.9. The van der Waals surface area contributed by atoms with E-state index >= 15 is 0 Å². The molecule has 1 unspecified atom stereocenters. The van der Waals surface area contributed by atoms with Crippen molar-refractivity contribution in [1.82, 2.24) is 4.90 Å². The van der Waals surface area contributed by atoms with Crippen molar-refractivity contribution in [2.24, 2.45) is 5.11 Å². The Hall–Kier alpha value is -1.75. The van der Waals surface area contributed by atoms with Crippen molar-refractivity contribution in [3.05, 3.63) is 10.4 Å². The highest BCUT2D eigenvalue weighted by molar-refractivity contribution is 6.31. The van der Waals surface area contributed by atoms with E-state index in [1.807, 2.05) is 0 Å². The second-order valence-electron chi connectivity index (χ2n) is 2.70. The van der Waals surface area contributed by atoms with E-state index in [2.05, 4.69) is 10.0 Å². The van der Waals surface area contributed by atoms with Gasteiger partial charge in [0.1, 0.15) is 0 Å². The number of carboxylic acid groups (broad SMARTS) is 1. The molecule has 0 bridgehead atoms. The Morgan fingerprint density at radius 3 is 2.85 bits per heavy atom. The lowest BCUT2D eigenvalue weighted by atomic mass is 10.3. The van der Waals surface area contributed by atoms with E-state index in [1.165, 1.54) is 4.90 Å². The average molecular weight is 184 g/mol. The Morgan fingerprint density at radius 2 is 2.31 bits per heavy atom. The van der Waals surface area contributed by atoms with Gasteiger partial charge in [-0.05, 0) is 12.0 Å². The summed E-state index contributed by atoms with van der Waals surface area (Å²) in [5.74, 6) is -2.41.